The lowest BCUT2D eigenvalue weighted by atomic mass is 9.97. The molecule has 4 aromatic rings. The normalized spacial score (nSPS) is 13.1. The molecule has 0 saturated carbocycles. The Morgan fingerprint density at radius 2 is 2.03 bits per heavy atom. The second-order valence-corrected chi connectivity index (χ2v) is 10.7. The third kappa shape index (κ3) is 5.29. The number of non-ortho nitro benzene ring substituents is 1. The summed E-state index contributed by atoms with van der Waals surface area (Å²) < 4.78 is 1.56. The number of nitro groups is 1. The fourth-order valence-corrected chi connectivity index (χ4v) is 6.44. The van der Waals surface area contributed by atoms with E-state index in [2.05, 4.69) is 10.5 Å². The highest BCUT2D eigenvalue weighted by Crippen LogP contribution is 2.35. The number of benzene rings is 2. The number of hydrogen-bond donors (Lipinski definition) is 1. The standard InChI is InChI=1S/C25H20ClN5O4S2/c26-19-11-10-17(31(34)35)12-15(19)13-27-29-21(32)14-36-25-28-23-22(18-8-4-5-9-20(18)37-23)24(33)30(25)16-6-2-1-3-7-16/h1-3,6-7,10-13H,4-5,8-9,14H2,(H,29,32)/b27-13-. The first-order valence-corrected chi connectivity index (χ1v) is 13.6. The number of thioether (sulfide) groups is 1. The molecular weight excluding hydrogens is 534 g/mol. The summed E-state index contributed by atoms with van der Waals surface area (Å²) in [4.78, 5) is 43.4. The molecule has 2 aromatic carbocycles. The predicted molar refractivity (Wildman–Crippen MR) is 146 cm³/mol. The van der Waals surface area contributed by atoms with Crippen molar-refractivity contribution in [2.75, 3.05) is 5.75 Å². The van der Waals surface area contributed by atoms with Gasteiger partial charge in [-0.05, 0) is 49.4 Å². The van der Waals surface area contributed by atoms with E-state index < -0.39 is 10.8 Å². The van der Waals surface area contributed by atoms with Crippen LogP contribution in [0.3, 0.4) is 0 Å². The summed E-state index contributed by atoms with van der Waals surface area (Å²) in [6.45, 7) is 0. The third-order valence-electron chi connectivity index (χ3n) is 5.89. The van der Waals surface area contributed by atoms with E-state index in [-0.39, 0.29) is 22.0 Å². The van der Waals surface area contributed by atoms with Gasteiger partial charge >= 0.3 is 0 Å². The Balaban J connectivity index is 1.39. The Labute approximate surface area is 224 Å². The molecule has 0 fully saturated rings. The van der Waals surface area contributed by atoms with Crippen molar-refractivity contribution in [3.8, 4) is 5.69 Å². The Morgan fingerprint density at radius 1 is 1.24 bits per heavy atom. The van der Waals surface area contributed by atoms with Crippen molar-refractivity contribution in [1.29, 1.82) is 0 Å². The van der Waals surface area contributed by atoms with Crippen molar-refractivity contribution < 1.29 is 9.72 Å². The number of hydrazone groups is 1. The molecule has 9 nitrogen and oxygen atoms in total. The zero-order valence-corrected chi connectivity index (χ0v) is 21.7. The number of fused-ring (bicyclic) bond motifs is 3. The van der Waals surface area contributed by atoms with Crippen molar-refractivity contribution >= 4 is 62.7 Å². The molecule has 0 saturated heterocycles. The first kappa shape index (κ1) is 25.1. The maximum Gasteiger partial charge on any atom is 0.270 e. The first-order chi connectivity index (χ1) is 17.9. The van der Waals surface area contributed by atoms with Gasteiger partial charge in [-0.25, -0.2) is 10.4 Å². The van der Waals surface area contributed by atoms with E-state index in [9.17, 15) is 19.7 Å². The van der Waals surface area contributed by atoms with Crippen molar-refractivity contribution in [3.63, 3.8) is 0 Å². The van der Waals surface area contributed by atoms with Crippen LogP contribution >= 0.6 is 34.7 Å². The molecule has 2 aromatic heterocycles. The Hall–Kier alpha value is -3.54. The monoisotopic (exact) mass is 553 g/mol. The van der Waals surface area contributed by atoms with Gasteiger partial charge in [-0.2, -0.15) is 5.10 Å². The molecule has 5 rings (SSSR count). The number of nitrogens with one attached hydrogen (secondary N) is 1. The van der Waals surface area contributed by atoms with Gasteiger partial charge in [-0.1, -0.05) is 41.6 Å². The molecule has 12 heteroatoms. The summed E-state index contributed by atoms with van der Waals surface area (Å²) in [5.41, 5.74) is 4.22. The SMILES string of the molecule is O=C(CSc1nc2sc3c(c2c(=O)n1-c1ccccc1)CCCC3)N/N=C\c1cc([N+](=O)[O-])ccc1Cl. The first-order valence-electron chi connectivity index (χ1n) is 11.4. The van der Waals surface area contributed by atoms with Crippen LogP contribution in [-0.2, 0) is 17.6 Å². The van der Waals surface area contributed by atoms with Crippen molar-refractivity contribution in [2.24, 2.45) is 5.10 Å². The molecule has 0 aliphatic heterocycles. The van der Waals surface area contributed by atoms with Crippen molar-refractivity contribution in [2.45, 2.75) is 30.8 Å². The number of aryl methyl sites for hydroxylation is 2. The van der Waals surface area contributed by atoms with Gasteiger partial charge in [-0.3, -0.25) is 24.3 Å². The maximum atomic E-state index is 13.7. The van der Waals surface area contributed by atoms with Gasteiger partial charge in [0.1, 0.15) is 4.83 Å². The molecule has 2 heterocycles. The summed E-state index contributed by atoms with van der Waals surface area (Å²) in [5, 5.41) is 16.2. The fraction of sp³-hybridized carbons (Fsp3) is 0.200. The number of carbonyl (C=O) groups excluding carboxylic acids is 1. The molecule has 37 heavy (non-hydrogen) atoms. The van der Waals surface area contributed by atoms with Crippen LogP contribution in [0.2, 0.25) is 5.02 Å². The number of thiophene rings is 1. The molecule has 0 atom stereocenters. The van der Waals surface area contributed by atoms with Crippen LogP contribution in [-0.4, -0.2) is 32.3 Å². The van der Waals surface area contributed by atoms with Gasteiger partial charge < -0.3 is 0 Å². The van der Waals surface area contributed by atoms with Crippen molar-refractivity contribution in [1.82, 2.24) is 15.0 Å². The summed E-state index contributed by atoms with van der Waals surface area (Å²) in [6, 6.07) is 13.2. The summed E-state index contributed by atoms with van der Waals surface area (Å²) >= 11 is 8.76. The molecule has 0 bridgehead atoms. The van der Waals surface area contributed by atoms with E-state index in [1.54, 1.807) is 15.9 Å². The maximum absolute atomic E-state index is 13.7. The van der Waals surface area contributed by atoms with Crippen LogP contribution < -0.4 is 11.0 Å². The van der Waals surface area contributed by atoms with E-state index in [4.69, 9.17) is 16.6 Å². The average molecular weight is 554 g/mol. The Bertz CT molecular complexity index is 1600. The van der Waals surface area contributed by atoms with Crippen LogP contribution in [0.4, 0.5) is 5.69 Å². The number of nitro benzene ring substituents is 1. The summed E-state index contributed by atoms with van der Waals surface area (Å²) in [6.07, 6.45) is 5.25. The number of halogens is 1. The lowest BCUT2D eigenvalue weighted by Crippen LogP contribution is -2.24. The number of carbonyl (C=O) groups is 1. The molecular formula is C25H20ClN5O4S2. The van der Waals surface area contributed by atoms with Gasteiger partial charge in [-0.15, -0.1) is 11.3 Å². The quantitative estimate of drug-likeness (QED) is 0.111. The minimum atomic E-state index is -0.539. The number of para-hydroxylation sites is 1. The molecule has 1 N–H and O–H groups in total. The summed E-state index contributed by atoms with van der Waals surface area (Å²) in [5.74, 6) is -0.474. The van der Waals surface area contributed by atoms with E-state index in [1.165, 1.54) is 29.3 Å². The zero-order valence-electron chi connectivity index (χ0n) is 19.3. The van der Waals surface area contributed by atoms with Gasteiger partial charge in [0, 0.05) is 27.6 Å². The highest BCUT2D eigenvalue weighted by Gasteiger charge is 2.23. The smallest absolute Gasteiger partial charge is 0.270 e. The van der Waals surface area contributed by atoms with Gasteiger partial charge in [0.15, 0.2) is 5.16 Å². The molecule has 0 unspecified atom stereocenters. The Morgan fingerprint density at radius 3 is 2.81 bits per heavy atom. The van der Waals surface area contributed by atoms with Gasteiger partial charge in [0.25, 0.3) is 17.2 Å². The van der Waals surface area contributed by atoms with Crippen LogP contribution in [0, 0.1) is 10.1 Å². The van der Waals surface area contributed by atoms with Crippen LogP contribution in [0.5, 0.6) is 0 Å². The second-order valence-electron chi connectivity index (χ2n) is 8.31. The highest BCUT2D eigenvalue weighted by atomic mass is 35.5. The van der Waals surface area contributed by atoms with E-state index in [1.807, 2.05) is 30.3 Å². The van der Waals surface area contributed by atoms with Gasteiger partial charge in [0.2, 0.25) is 0 Å². The van der Waals surface area contributed by atoms with Crippen LogP contribution in [0.1, 0.15) is 28.8 Å². The molecule has 0 radical (unpaired) electrons. The zero-order chi connectivity index (χ0) is 25.9. The van der Waals surface area contributed by atoms with E-state index >= 15 is 0 Å². The van der Waals surface area contributed by atoms with E-state index in [0.29, 0.717) is 26.6 Å². The van der Waals surface area contributed by atoms with Gasteiger partial charge in [0.05, 0.1) is 28.0 Å². The molecule has 0 spiro atoms. The lowest BCUT2D eigenvalue weighted by Gasteiger charge is -2.13. The number of nitrogens with zero attached hydrogens (tertiary/aromatic N) is 4. The fourth-order valence-electron chi connectivity index (χ4n) is 4.17. The molecule has 188 valence electrons. The Kier molecular flexibility index (Phi) is 7.36. The minimum Gasteiger partial charge on any atom is -0.272 e. The number of aromatic nitrogens is 2. The van der Waals surface area contributed by atoms with E-state index in [0.717, 1.165) is 43.0 Å². The summed E-state index contributed by atoms with van der Waals surface area (Å²) in [7, 11) is 0. The average Bonchev–Trinajstić information content (AvgIpc) is 3.27. The topological polar surface area (TPSA) is 119 Å². The van der Waals surface area contributed by atoms with Crippen LogP contribution in [0.25, 0.3) is 15.9 Å². The molecule has 1 aliphatic carbocycles. The highest BCUT2D eigenvalue weighted by molar-refractivity contribution is 7.99. The second kappa shape index (κ2) is 10.8. The predicted octanol–water partition coefficient (Wildman–Crippen LogP) is 5.13. The van der Waals surface area contributed by atoms with Crippen molar-refractivity contribution in [3.05, 3.63) is 90.0 Å². The number of amides is 1. The number of hydrogen-bond acceptors (Lipinski definition) is 8. The number of rotatable bonds is 7. The molecule has 1 aliphatic rings. The molecule has 1 amide bonds. The largest absolute Gasteiger partial charge is 0.272 e. The van der Waals surface area contributed by atoms with Crippen LogP contribution in [0.15, 0.2) is 63.6 Å². The third-order valence-corrected chi connectivity index (χ3v) is 8.36. The lowest BCUT2D eigenvalue weighted by molar-refractivity contribution is -0.384. The minimum absolute atomic E-state index is 0.0458.